The van der Waals surface area contributed by atoms with Gasteiger partial charge in [-0.25, -0.2) is 14.8 Å². The number of nitrogens with one attached hydrogen (secondary N) is 2. The number of esters is 1. The lowest BCUT2D eigenvalue weighted by Gasteiger charge is -2.23. The highest BCUT2D eigenvalue weighted by atomic mass is 32.1. The number of hydrogen-bond acceptors (Lipinski definition) is 6. The van der Waals surface area contributed by atoms with Gasteiger partial charge < -0.3 is 20.5 Å². The van der Waals surface area contributed by atoms with Gasteiger partial charge in [0.2, 0.25) is 0 Å². The second-order valence-corrected chi connectivity index (χ2v) is 8.47. The van der Waals surface area contributed by atoms with Crippen LogP contribution in [-0.2, 0) is 16.8 Å². The molecular formula is C22H30N4O3S. The summed E-state index contributed by atoms with van der Waals surface area (Å²) in [5, 5.41) is 18.5. The average molecular weight is 431 g/mol. The van der Waals surface area contributed by atoms with Crippen LogP contribution in [-0.4, -0.2) is 41.7 Å². The average Bonchev–Trinajstić information content (AvgIpc) is 3.28. The van der Waals surface area contributed by atoms with Crippen LogP contribution in [0.5, 0.6) is 0 Å². The molecule has 0 aliphatic heterocycles. The van der Waals surface area contributed by atoms with Crippen LogP contribution >= 0.6 is 11.3 Å². The Hall–Kier alpha value is -2.45. The molecule has 0 spiro atoms. The summed E-state index contributed by atoms with van der Waals surface area (Å²) in [6.45, 7) is 8.87. The van der Waals surface area contributed by atoms with Gasteiger partial charge in [0.1, 0.15) is 15.5 Å². The van der Waals surface area contributed by atoms with Crippen molar-refractivity contribution in [3.05, 3.63) is 51.0 Å². The van der Waals surface area contributed by atoms with E-state index in [1.165, 1.54) is 16.9 Å². The number of fused-ring (bicyclic) bond motifs is 1. The molecule has 1 aliphatic rings. The standard InChI is InChI=1S/C22H30N4O3S/c1-5-23-21(24-13-22(28)12-11-16-9-7-8-10-17(16)22)26-15(4)19-25-14(3)18(30-19)20(27)29-6-2/h7-10,15,28H,5-6,11-13H2,1-4H3,(H2,23,24,26). The van der Waals surface area contributed by atoms with Crippen LogP contribution in [0.2, 0.25) is 0 Å². The van der Waals surface area contributed by atoms with Gasteiger partial charge in [0.05, 0.1) is 24.9 Å². The molecule has 1 aromatic heterocycles. The van der Waals surface area contributed by atoms with Crippen molar-refractivity contribution in [1.82, 2.24) is 15.6 Å². The summed E-state index contributed by atoms with van der Waals surface area (Å²) < 4.78 is 5.10. The number of carbonyl (C=O) groups is 1. The summed E-state index contributed by atoms with van der Waals surface area (Å²) in [4.78, 5) is 21.8. The molecule has 1 aromatic carbocycles. The lowest BCUT2D eigenvalue weighted by molar-refractivity contribution is 0.0484. The SMILES string of the molecule is CCNC(=NCC1(O)CCc2ccccc21)NC(C)c1nc(C)c(C(=O)OCC)s1. The van der Waals surface area contributed by atoms with E-state index >= 15 is 0 Å². The zero-order chi connectivity index (χ0) is 21.7. The first kappa shape index (κ1) is 22.2. The molecule has 3 rings (SSSR count). The van der Waals surface area contributed by atoms with Gasteiger partial charge in [-0.05, 0) is 51.7 Å². The number of carbonyl (C=O) groups excluding carboxylic acids is 1. The predicted octanol–water partition coefficient (Wildman–Crippen LogP) is 3.08. The second kappa shape index (κ2) is 9.57. The highest BCUT2D eigenvalue weighted by molar-refractivity contribution is 7.13. The Morgan fingerprint density at radius 3 is 2.90 bits per heavy atom. The van der Waals surface area contributed by atoms with Gasteiger partial charge in [-0.2, -0.15) is 0 Å². The Morgan fingerprint density at radius 1 is 1.40 bits per heavy atom. The van der Waals surface area contributed by atoms with Crippen LogP contribution in [0.3, 0.4) is 0 Å². The number of aromatic nitrogens is 1. The third-order valence-corrected chi connectivity index (χ3v) is 6.49. The van der Waals surface area contributed by atoms with Crippen LogP contribution in [0.1, 0.15) is 64.7 Å². The van der Waals surface area contributed by atoms with Crippen LogP contribution < -0.4 is 10.6 Å². The van der Waals surface area contributed by atoms with Gasteiger partial charge >= 0.3 is 5.97 Å². The molecule has 1 aliphatic carbocycles. The Kier molecular flexibility index (Phi) is 7.10. The van der Waals surface area contributed by atoms with Crippen LogP contribution in [0, 0.1) is 6.92 Å². The van der Waals surface area contributed by atoms with Crippen molar-refractivity contribution in [3.63, 3.8) is 0 Å². The summed E-state index contributed by atoms with van der Waals surface area (Å²) in [7, 11) is 0. The number of nitrogens with zero attached hydrogens (tertiary/aromatic N) is 2. The fourth-order valence-corrected chi connectivity index (χ4v) is 4.58. The van der Waals surface area contributed by atoms with E-state index in [0.717, 1.165) is 17.0 Å². The molecule has 0 saturated heterocycles. The molecular weight excluding hydrogens is 400 g/mol. The van der Waals surface area contributed by atoms with Crippen LogP contribution in [0.4, 0.5) is 0 Å². The summed E-state index contributed by atoms with van der Waals surface area (Å²) >= 11 is 1.33. The van der Waals surface area contributed by atoms with Crippen LogP contribution in [0.15, 0.2) is 29.3 Å². The number of benzene rings is 1. The molecule has 162 valence electrons. The van der Waals surface area contributed by atoms with Crippen molar-refractivity contribution in [1.29, 1.82) is 0 Å². The first-order valence-electron chi connectivity index (χ1n) is 10.4. The van der Waals surface area contributed by atoms with E-state index in [1.807, 2.05) is 39.0 Å². The van der Waals surface area contributed by atoms with Gasteiger partial charge in [-0.3, -0.25) is 0 Å². The van der Waals surface area contributed by atoms with Gasteiger partial charge in [-0.1, -0.05) is 24.3 Å². The summed E-state index contributed by atoms with van der Waals surface area (Å²) in [5.74, 6) is 0.266. The number of guanidine groups is 1. The molecule has 2 unspecified atom stereocenters. The van der Waals surface area contributed by atoms with Crippen molar-refractivity contribution in [2.24, 2.45) is 4.99 Å². The smallest absolute Gasteiger partial charge is 0.350 e. The fraction of sp³-hybridized carbons (Fsp3) is 0.500. The lowest BCUT2D eigenvalue weighted by Crippen LogP contribution is -2.40. The Bertz CT molecular complexity index is 927. The van der Waals surface area contributed by atoms with Crippen molar-refractivity contribution >= 4 is 23.3 Å². The summed E-state index contributed by atoms with van der Waals surface area (Å²) in [5.41, 5.74) is 1.87. The van der Waals surface area contributed by atoms with Gasteiger partial charge in [-0.15, -0.1) is 11.3 Å². The van der Waals surface area contributed by atoms with E-state index in [9.17, 15) is 9.90 Å². The maximum absolute atomic E-state index is 12.1. The number of hydrogen-bond donors (Lipinski definition) is 3. The molecule has 1 heterocycles. The van der Waals surface area contributed by atoms with Crippen LogP contribution in [0.25, 0.3) is 0 Å². The molecule has 0 fully saturated rings. The molecule has 2 atom stereocenters. The highest BCUT2D eigenvalue weighted by Gasteiger charge is 2.36. The van der Waals surface area contributed by atoms with Crippen molar-refractivity contribution in [3.8, 4) is 0 Å². The minimum absolute atomic E-state index is 0.153. The van der Waals surface area contributed by atoms with Gasteiger partial charge in [0.25, 0.3) is 0 Å². The molecule has 0 saturated carbocycles. The molecule has 0 bridgehead atoms. The normalized spacial score (nSPS) is 19.3. The minimum Gasteiger partial charge on any atom is -0.462 e. The van der Waals surface area contributed by atoms with E-state index < -0.39 is 5.60 Å². The fourth-order valence-electron chi connectivity index (χ4n) is 3.62. The minimum atomic E-state index is -0.947. The molecule has 30 heavy (non-hydrogen) atoms. The Balaban J connectivity index is 1.73. The number of aliphatic hydroxyl groups is 1. The monoisotopic (exact) mass is 430 g/mol. The first-order valence-corrected chi connectivity index (χ1v) is 11.2. The maximum Gasteiger partial charge on any atom is 0.350 e. The number of ether oxygens (including phenoxy) is 1. The molecule has 7 nitrogen and oxygen atoms in total. The number of thiazole rings is 1. The van der Waals surface area contributed by atoms with Crippen molar-refractivity contribution in [2.75, 3.05) is 19.7 Å². The van der Waals surface area contributed by atoms with Gasteiger partial charge in [0.15, 0.2) is 5.96 Å². The largest absolute Gasteiger partial charge is 0.462 e. The Morgan fingerprint density at radius 2 is 2.17 bits per heavy atom. The van der Waals surface area contributed by atoms with E-state index in [4.69, 9.17) is 4.74 Å². The quantitative estimate of drug-likeness (QED) is 0.355. The van der Waals surface area contributed by atoms with E-state index in [2.05, 4.69) is 26.7 Å². The first-order chi connectivity index (χ1) is 14.4. The molecule has 3 N–H and O–H groups in total. The topological polar surface area (TPSA) is 95.8 Å². The number of aryl methyl sites for hydroxylation is 2. The predicted molar refractivity (Wildman–Crippen MR) is 119 cm³/mol. The molecule has 0 radical (unpaired) electrons. The molecule has 8 heteroatoms. The van der Waals surface area contributed by atoms with Crippen molar-refractivity contribution < 1.29 is 14.6 Å². The van der Waals surface area contributed by atoms with E-state index in [1.54, 1.807) is 6.92 Å². The molecule has 0 amide bonds. The number of rotatable bonds is 7. The van der Waals surface area contributed by atoms with Gasteiger partial charge in [0, 0.05) is 6.54 Å². The van der Waals surface area contributed by atoms with E-state index in [0.29, 0.717) is 36.1 Å². The lowest BCUT2D eigenvalue weighted by atomic mass is 9.96. The van der Waals surface area contributed by atoms with E-state index in [-0.39, 0.29) is 18.6 Å². The maximum atomic E-state index is 12.1. The third kappa shape index (κ3) is 4.82. The molecule has 2 aromatic rings. The second-order valence-electron chi connectivity index (χ2n) is 7.44. The zero-order valence-corrected chi connectivity index (χ0v) is 18.8. The zero-order valence-electron chi connectivity index (χ0n) is 18.0. The summed E-state index contributed by atoms with van der Waals surface area (Å²) in [6, 6.07) is 7.85. The number of aliphatic imine (C=N–C) groups is 1. The highest BCUT2D eigenvalue weighted by Crippen LogP contribution is 2.36. The summed E-state index contributed by atoms with van der Waals surface area (Å²) in [6.07, 6.45) is 1.52. The third-order valence-electron chi connectivity index (χ3n) is 5.17. The van der Waals surface area contributed by atoms with Crippen molar-refractivity contribution in [2.45, 2.75) is 52.2 Å². The Labute approximate surface area is 181 Å².